The van der Waals surface area contributed by atoms with Crippen molar-refractivity contribution < 1.29 is 14.1 Å². The van der Waals surface area contributed by atoms with Gasteiger partial charge in [0.1, 0.15) is 5.76 Å². The number of rotatable bonds is 7. The minimum atomic E-state index is -0.361. The fourth-order valence-corrected chi connectivity index (χ4v) is 6.03. The molecule has 9 nitrogen and oxygen atoms in total. The number of aromatic nitrogens is 3. The second kappa shape index (κ2) is 12.6. The molecule has 6 rings (SSSR count). The zero-order chi connectivity index (χ0) is 32.5. The van der Waals surface area contributed by atoms with Gasteiger partial charge < -0.3 is 20.5 Å². The van der Waals surface area contributed by atoms with E-state index >= 15 is 0 Å². The quantitative estimate of drug-likeness (QED) is 0.201. The van der Waals surface area contributed by atoms with Gasteiger partial charge in [0.15, 0.2) is 5.82 Å². The van der Waals surface area contributed by atoms with Crippen LogP contribution in [-0.2, 0) is 24.2 Å². The molecule has 1 atom stereocenters. The number of nitrogens with zero attached hydrogens (tertiary/aromatic N) is 4. The average Bonchev–Trinajstić information content (AvgIpc) is 3.40. The maximum atomic E-state index is 13.8. The van der Waals surface area contributed by atoms with Gasteiger partial charge >= 0.3 is 6.03 Å². The van der Waals surface area contributed by atoms with E-state index in [0.717, 1.165) is 73.7 Å². The molecule has 0 fully saturated rings. The van der Waals surface area contributed by atoms with Crippen LogP contribution in [0.5, 0.6) is 0 Å². The van der Waals surface area contributed by atoms with E-state index in [4.69, 9.17) is 20.2 Å². The Morgan fingerprint density at radius 3 is 2.43 bits per heavy atom. The van der Waals surface area contributed by atoms with Crippen molar-refractivity contribution in [1.82, 2.24) is 20.0 Å². The van der Waals surface area contributed by atoms with Gasteiger partial charge in [0.25, 0.3) is 0 Å². The number of aryl methyl sites for hydroxylation is 4. The standard InChI is InChI=1S/C37H38N6O3/c1-6-25-17-28(27-13-11-26(12-14-27)22(3)35(38)44)19-29(18-25)39-37(45)43-16-15-32-31(20-43)34(30-10-8-7-9-21(30)2)41-36(40-32)33-23(4)42-46-24(33)5/h7-14,17-19,22H,6,15-16,20H2,1-5H3,(H2,38,44)(H,39,45). The van der Waals surface area contributed by atoms with Crippen LogP contribution in [0.15, 0.2) is 71.3 Å². The normalized spacial score (nSPS) is 13.3. The summed E-state index contributed by atoms with van der Waals surface area (Å²) in [6, 6.07) is 21.9. The molecular weight excluding hydrogens is 576 g/mol. The fourth-order valence-electron chi connectivity index (χ4n) is 6.03. The summed E-state index contributed by atoms with van der Waals surface area (Å²) in [6.07, 6.45) is 1.41. The van der Waals surface area contributed by atoms with Gasteiger partial charge in [-0.2, -0.15) is 0 Å². The van der Waals surface area contributed by atoms with Crippen LogP contribution in [0.25, 0.3) is 33.8 Å². The third-order valence-corrected chi connectivity index (χ3v) is 8.83. The molecule has 3 N–H and O–H groups in total. The summed E-state index contributed by atoms with van der Waals surface area (Å²) in [7, 11) is 0. The summed E-state index contributed by atoms with van der Waals surface area (Å²) in [5, 5.41) is 7.28. The van der Waals surface area contributed by atoms with E-state index in [0.29, 0.717) is 31.1 Å². The minimum Gasteiger partial charge on any atom is -0.369 e. The molecule has 234 valence electrons. The van der Waals surface area contributed by atoms with Gasteiger partial charge in [-0.1, -0.05) is 66.7 Å². The van der Waals surface area contributed by atoms with E-state index in [1.165, 1.54) is 0 Å². The number of urea groups is 1. The summed E-state index contributed by atoms with van der Waals surface area (Å²) in [4.78, 5) is 37.3. The highest BCUT2D eigenvalue weighted by molar-refractivity contribution is 5.91. The van der Waals surface area contributed by atoms with Gasteiger partial charge in [-0.05, 0) is 74.1 Å². The molecule has 1 aliphatic heterocycles. The van der Waals surface area contributed by atoms with Crippen LogP contribution < -0.4 is 11.1 Å². The first-order valence-electron chi connectivity index (χ1n) is 15.6. The molecular formula is C37H38N6O3. The number of benzene rings is 3. The van der Waals surface area contributed by atoms with Crippen molar-refractivity contribution in [3.8, 4) is 33.8 Å². The monoisotopic (exact) mass is 614 g/mol. The molecule has 46 heavy (non-hydrogen) atoms. The first-order valence-corrected chi connectivity index (χ1v) is 15.6. The Labute approximate surface area is 268 Å². The molecule has 0 bridgehead atoms. The Kier molecular flexibility index (Phi) is 8.41. The highest BCUT2D eigenvalue weighted by Gasteiger charge is 2.28. The van der Waals surface area contributed by atoms with E-state index in [9.17, 15) is 9.59 Å². The van der Waals surface area contributed by atoms with Crippen molar-refractivity contribution in [3.05, 3.63) is 106 Å². The second-order valence-corrected chi connectivity index (χ2v) is 12.0. The molecule has 2 aromatic heterocycles. The van der Waals surface area contributed by atoms with Crippen molar-refractivity contribution in [2.75, 3.05) is 11.9 Å². The average molecular weight is 615 g/mol. The van der Waals surface area contributed by atoms with Crippen LogP contribution >= 0.6 is 0 Å². The van der Waals surface area contributed by atoms with Crippen LogP contribution in [0.4, 0.5) is 10.5 Å². The number of carbonyl (C=O) groups is 2. The molecule has 3 aromatic carbocycles. The summed E-state index contributed by atoms with van der Waals surface area (Å²) >= 11 is 0. The van der Waals surface area contributed by atoms with Gasteiger partial charge in [-0.15, -0.1) is 0 Å². The first kappa shape index (κ1) is 30.7. The van der Waals surface area contributed by atoms with E-state index in [-0.39, 0.29) is 17.9 Å². The zero-order valence-electron chi connectivity index (χ0n) is 26.8. The van der Waals surface area contributed by atoms with Crippen LogP contribution in [0.1, 0.15) is 59.2 Å². The molecule has 0 aliphatic carbocycles. The molecule has 1 unspecified atom stereocenters. The summed E-state index contributed by atoms with van der Waals surface area (Å²) in [5.41, 5.74) is 16.5. The van der Waals surface area contributed by atoms with E-state index < -0.39 is 0 Å². The van der Waals surface area contributed by atoms with Gasteiger partial charge in [0.2, 0.25) is 5.91 Å². The predicted octanol–water partition coefficient (Wildman–Crippen LogP) is 7.13. The maximum Gasteiger partial charge on any atom is 0.322 e. The zero-order valence-corrected chi connectivity index (χ0v) is 26.8. The number of nitrogens with one attached hydrogen (secondary N) is 1. The van der Waals surface area contributed by atoms with Crippen LogP contribution in [0.2, 0.25) is 0 Å². The molecule has 0 radical (unpaired) electrons. The Hall–Kier alpha value is -5.31. The number of primary amides is 1. The highest BCUT2D eigenvalue weighted by atomic mass is 16.5. The lowest BCUT2D eigenvalue weighted by molar-refractivity contribution is -0.119. The van der Waals surface area contributed by atoms with Crippen molar-refractivity contribution in [2.24, 2.45) is 5.73 Å². The Morgan fingerprint density at radius 2 is 1.76 bits per heavy atom. The lowest BCUT2D eigenvalue weighted by Gasteiger charge is -2.30. The largest absolute Gasteiger partial charge is 0.369 e. The molecule has 3 heterocycles. The number of hydrogen-bond acceptors (Lipinski definition) is 6. The number of nitrogens with two attached hydrogens (primary N) is 1. The molecule has 9 heteroatoms. The van der Waals surface area contributed by atoms with Gasteiger partial charge in [0, 0.05) is 29.8 Å². The Morgan fingerprint density at radius 1 is 1.00 bits per heavy atom. The van der Waals surface area contributed by atoms with Crippen LogP contribution in [0, 0.1) is 20.8 Å². The van der Waals surface area contributed by atoms with Crippen LogP contribution in [-0.4, -0.2) is 38.5 Å². The number of amides is 3. The van der Waals surface area contributed by atoms with E-state index in [2.05, 4.69) is 42.5 Å². The van der Waals surface area contributed by atoms with E-state index in [1.54, 1.807) is 6.92 Å². The smallest absolute Gasteiger partial charge is 0.322 e. The van der Waals surface area contributed by atoms with Crippen LogP contribution in [0.3, 0.4) is 0 Å². The van der Waals surface area contributed by atoms with Gasteiger partial charge in [-0.25, -0.2) is 14.8 Å². The van der Waals surface area contributed by atoms with Gasteiger partial charge in [-0.3, -0.25) is 4.79 Å². The topological polar surface area (TPSA) is 127 Å². The van der Waals surface area contributed by atoms with Crippen molar-refractivity contribution in [1.29, 1.82) is 0 Å². The fraction of sp³-hybridized carbons (Fsp3) is 0.270. The molecule has 0 saturated heterocycles. The summed E-state index contributed by atoms with van der Waals surface area (Å²) < 4.78 is 5.44. The molecule has 5 aromatic rings. The Bertz CT molecular complexity index is 1930. The molecule has 3 amide bonds. The van der Waals surface area contributed by atoms with Crippen molar-refractivity contribution in [2.45, 2.75) is 59.9 Å². The van der Waals surface area contributed by atoms with E-state index in [1.807, 2.05) is 67.3 Å². The number of anilines is 1. The highest BCUT2D eigenvalue weighted by Crippen LogP contribution is 2.34. The molecule has 1 aliphatic rings. The number of carbonyl (C=O) groups excluding carboxylic acids is 2. The second-order valence-electron chi connectivity index (χ2n) is 12.0. The minimum absolute atomic E-state index is 0.180. The lowest BCUT2D eigenvalue weighted by Crippen LogP contribution is -2.39. The maximum absolute atomic E-state index is 13.8. The molecule has 0 saturated carbocycles. The predicted molar refractivity (Wildman–Crippen MR) is 179 cm³/mol. The van der Waals surface area contributed by atoms with Gasteiger partial charge in [0.05, 0.1) is 35.1 Å². The third-order valence-electron chi connectivity index (χ3n) is 8.83. The first-order chi connectivity index (χ1) is 22.1. The number of fused-ring (bicyclic) bond motifs is 1. The summed E-state index contributed by atoms with van der Waals surface area (Å²) in [5.74, 6) is 0.548. The van der Waals surface area contributed by atoms with Crippen molar-refractivity contribution in [3.63, 3.8) is 0 Å². The molecule has 0 spiro atoms. The van der Waals surface area contributed by atoms with Crippen molar-refractivity contribution >= 4 is 17.6 Å². The number of hydrogen-bond donors (Lipinski definition) is 2. The SMILES string of the molecule is CCc1cc(NC(=O)N2CCc3nc(-c4c(C)noc4C)nc(-c4ccccc4C)c3C2)cc(-c2ccc(C(C)C(N)=O)cc2)c1. The third kappa shape index (κ3) is 6.00. The Balaban J connectivity index is 1.30. The summed E-state index contributed by atoms with van der Waals surface area (Å²) in [6.45, 7) is 10.6. The lowest BCUT2D eigenvalue weighted by atomic mass is 9.95.